The highest BCUT2D eigenvalue weighted by molar-refractivity contribution is 6.30. The number of hydrogen-bond acceptors (Lipinski definition) is 2. The molecule has 1 atom stereocenters. The number of amides is 3. The highest BCUT2D eigenvalue weighted by Crippen LogP contribution is 2.24. The van der Waals surface area contributed by atoms with Gasteiger partial charge in [0.15, 0.2) is 0 Å². The molecule has 0 aromatic heterocycles. The number of halogens is 1. The van der Waals surface area contributed by atoms with Gasteiger partial charge >= 0.3 is 6.03 Å². The van der Waals surface area contributed by atoms with Crippen molar-refractivity contribution in [2.24, 2.45) is 0 Å². The summed E-state index contributed by atoms with van der Waals surface area (Å²) in [5.41, 5.74) is 2.49. The van der Waals surface area contributed by atoms with Crippen LogP contribution in [0.1, 0.15) is 12.0 Å². The smallest absolute Gasteiger partial charge is 0.322 e. The summed E-state index contributed by atoms with van der Waals surface area (Å²) in [6.45, 7) is 0. The van der Waals surface area contributed by atoms with Gasteiger partial charge in [-0.05, 0) is 42.7 Å². The van der Waals surface area contributed by atoms with E-state index in [2.05, 4.69) is 10.6 Å². The number of benzene rings is 2. The van der Waals surface area contributed by atoms with Gasteiger partial charge in [0.2, 0.25) is 5.91 Å². The zero-order valence-corrected chi connectivity index (χ0v) is 14.0. The van der Waals surface area contributed by atoms with E-state index in [0.717, 1.165) is 17.7 Å². The SMILES string of the molecule is CN(C(=O)Nc1cccc(Cl)c1)C1CCc2ccccc2NC1=O. The third-order valence-electron chi connectivity index (χ3n) is 4.13. The molecule has 2 aromatic rings. The van der Waals surface area contributed by atoms with Gasteiger partial charge in [0.1, 0.15) is 6.04 Å². The number of nitrogens with one attached hydrogen (secondary N) is 2. The van der Waals surface area contributed by atoms with Crippen molar-refractivity contribution < 1.29 is 9.59 Å². The second-order valence-corrected chi connectivity index (χ2v) is 6.19. The first kappa shape index (κ1) is 16.3. The molecule has 0 aliphatic carbocycles. The van der Waals surface area contributed by atoms with Gasteiger partial charge in [0, 0.05) is 23.4 Å². The van der Waals surface area contributed by atoms with Gasteiger partial charge < -0.3 is 15.5 Å². The number of carbonyl (C=O) groups excluding carboxylic acids is 2. The molecule has 1 aliphatic heterocycles. The number of para-hydroxylation sites is 1. The lowest BCUT2D eigenvalue weighted by atomic mass is 10.1. The molecular weight excluding hydrogens is 326 g/mol. The number of carbonyl (C=O) groups is 2. The minimum absolute atomic E-state index is 0.177. The lowest BCUT2D eigenvalue weighted by molar-refractivity contribution is -0.120. The molecule has 3 rings (SSSR count). The summed E-state index contributed by atoms with van der Waals surface area (Å²) in [6.07, 6.45) is 1.30. The van der Waals surface area contributed by atoms with Crippen molar-refractivity contribution in [1.29, 1.82) is 0 Å². The number of nitrogens with zero attached hydrogens (tertiary/aromatic N) is 1. The number of hydrogen-bond donors (Lipinski definition) is 2. The third kappa shape index (κ3) is 3.51. The largest absolute Gasteiger partial charge is 0.324 e. The topological polar surface area (TPSA) is 61.4 Å². The molecule has 0 bridgehead atoms. The Bertz CT molecular complexity index is 778. The molecule has 5 nitrogen and oxygen atoms in total. The maximum atomic E-state index is 12.5. The zero-order valence-electron chi connectivity index (χ0n) is 13.3. The average molecular weight is 344 g/mol. The fraction of sp³-hybridized carbons (Fsp3) is 0.222. The van der Waals surface area contributed by atoms with Crippen LogP contribution in [-0.4, -0.2) is 29.9 Å². The van der Waals surface area contributed by atoms with Crippen LogP contribution in [0, 0.1) is 0 Å². The first-order valence-electron chi connectivity index (χ1n) is 7.73. The molecule has 0 spiro atoms. The fourth-order valence-electron chi connectivity index (χ4n) is 2.79. The number of likely N-dealkylation sites (N-methyl/N-ethyl adjacent to an activating group) is 1. The van der Waals surface area contributed by atoms with Gasteiger partial charge in [-0.15, -0.1) is 0 Å². The Morgan fingerprint density at radius 2 is 2.04 bits per heavy atom. The molecule has 0 radical (unpaired) electrons. The van der Waals surface area contributed by atoms with Crippen LogP contribution in [0.4, 0.5) is 16.2 Å². The van der Waals surface area contributed by atoms with Crippen molar-refractivity contribution in [2.45, 2.75) is 18.9 Å². The molecule has 0 saturated heterocycles. The molecular formula is C18H18ClN3O2. The summed E-state index contributed by atoms with van der Waals surface area (Å²) < 4.78 is 0. The predicted molar refractivity (Wildman–Crippen MR) is 95.4 cm³/mol. The normalized spacial score (nSPS) is 16.6. The Kier molecular flexibility index (Phi) is 4.71. The van der Waals surface area contributed by atoms with Crippen LogP contribution in [0.15, 0.2) is 48.5 Å². The molecule has 1 unspecified atom stereocenters. The fourth-order valence-corrected chi connectivity index (χ4v) is 2.98. The van der Waals surface area contributed by atoms with Gasteiger partial charge in [-0.25, -0.2) is 4.79 Å². The molecule has 24 heavy (non-hydrogen) atoms. The molecule has 124 valence electrons. The molecule has 6 heteroatoms. The van der Waals surface area contributed by atoms with Crippen molar-refractivity contribution >= 4 is 34.9 Å². The van der Waals surface area contributed by atoms with E-state index in [9.17, 15) is 9.59 Å². The van der Waals surface area contributed by atoms with E-state index >= 15 is 0 Å². The minimum Gasteiger partial charge on any atom is -0.324 e. The summed E-state index contributed by atoms with van der Waals surface area (Å²) in [4.78, 5) is 26.4. The molecule has 3 amide bonds. The van der Waals surface area contributed by atoms with Gasteiger partial charge in [-0.2, -0.15) is 0 Å². The van der Waals surface area contributed by atoms with Crippen LogP contribution >= 0.6 is 11.6 Å². The van der Waals surface area contributed by atoms with Crippen molar-refractivity contribution in [1.82, 2.24) is 4.90 Å². The number of aryl methyl sites for hydroxylation is 1. The van der Waals surface area contributed by atoms with Crippen LogP contribution in [0.2, 0.25) is 5.02 Å². The lowest BCUT2D eigenvalue weighted by Crippen LogP contribution is -2.46. The second kappa shape index (κ2) is 6.93. The molecule has 2 aromatic carbocycles. The van der Waals surface area contributed by atoms with Gasteiger partial charge in [-0.3, -0.25) is 4.79 Å². The quantitative estimate of drug-likeness (QED) is 0.872. The molecule has 2 N–H and O–H groups in total. The van der Waals surface area contributed by atoms with E-state index in [1.165, 1.54) is 4.90 Å². The third-order valence-corrected chi connectivity index (χ3v) is 4.36. The van der Waals surface area contributed by atoms with Crippen LogP contribution < -0.4 is 10.6 Å². The average Bonchev–Trinajstić information content (AvgIpc) is 2.72. The van der Waals surface area contributed by atoms with E-state index in [-0.39, 0.29) is 11.9 Å². The Balaban J connectivity index is 1.71. The molecule has 0 fully saturated rings. The summed E-state index contributed by atoms with van der Waals surface area (Å²) in [6, 6.07) is 13.7. The van der Waals surface area contributed by atoms with E-state index in [1.807, 2.05) is 24.3 Å². The monoisotopic (exact) mass is 343 g/mol. The van der Waals surface area contributed by atoms with E-state index < -0.39 is 6.04 Å². The number of rotatable bonds is 2. The second-order valence-electron chi connectivity index (χ2n) is 5.75. The highest BCUT2D eigenvalue weighted by Gasteiger charge is 2.29. The zero-order chi connectivity index (χ0) is 17.1. The Morgan fingerprint density at radius 3 is 2.83 bits per heavy atom. The molecule has 0 saturated carbocycles. The minimum atomic E-state index is -0.531. The van der Waals surface area contributed by atoms with Crippen molar-refractivity contribution in [3.63, 3.8) is 0 Å². The first-order valence-corrected chi connectivity index (χ1v) is 8.10. The molecule has 1 aliphatic rings. The predicted octanol–water partition coefficient (Wildman–Crippen LogP) is 3.76. The van der Waals surface area contributed by atoms with Crippen molar-refractivity contribution in [3.8, 4) is 0 Å². The van der Waals surface area contributed by atoms with Crippen LogP contribution in [0.25, 0.3) is 0 Å². The van der Waals surface area contributed by atoms with E-state index in [1.54, 1.807) is 31.3 Å². The first-order chi connectivity index (χ1) is 11.5. The van der Waals surface area contributed by atoms with Crippen molar-refractivity contribution in [3.05, 3.63) is 59.1 Å². The van der Waals surface area contributed by atoms with Gasteiger partial charge in [-0.1, -0.05) is 35.9 Å². The standard InChI is InChI=1S/C18H18ClN3O2/c1-22(18(24)20-14-7-4-6-13(19)11-14)16-10-9-12-5-2-3-8-15(12)21-17(16)23/h2-8,11,16H,9-10H2,1H3,(H,20,24)(H,21,23). The van der Waals surface area contributed by atoms with Crippen LogP contribution in [-0.2, 0) is 11.2 Å². The summed E-state index contributed by atoms with van der Waals surface area (Å²) >= 11 is 5.92. The number of anilines is 2. The summed E-state index contributed by atoms with van der Waals surface area (Å²) in [5.74, 6) is -0.177. The maximum Gasteiger partial charge on any atom is 0.322 e. The maximum absolute atomic E-state index is 12.5. The highest BCUT2D eigenvalue weighted by atomic mass is 35.5. The van der Waals surface area contributed by atoms with Crippen LogP contribution in [0.5, 0.6) is 0 Å². The Hall–Kier alpha value is -2.53. The number of urea groups is 1. The number of fused-ring (bicyclic) bond motifs is 1. The van der Waals surface area contributed by atoms with Gasteiger partial charge in [0.25, 0.3) is 0 Å². The van der Waals surface area contributed by atoms with Gasteiger partial charge in [0.05, 0.1) is 0 Å². The van der Waals surface area contributed by atoms with Crippen LogP contribution in [0.3, 0.4) is 0 Å². The van der Waals surface area contributed by atoms with Crippen molar-refractivity contribution in [2.75, 3.05) is 17.7 Å². The summed E-state index contributed by atoms with van der Waals surface area (Å²) in [5, 5.41) is 6.20. The summed E-state index contributed by atoms with van der Waals surface area (Å²) in [7, 11) is 1.63. The van der Waals surface area contributed by atoms with E-state index in [0.29, 0.717) is 17.1 Å². The van der Waals surface area contributed by atoms with E-state index in [4.69, 9.17) is 11.6 Å². The Labute approximate surface area is 145 Å². The lowest BCUT2D eigenvalue weighted by Gasteiger charge is -2.26. The molecule has 1 heterocycles. The Morgan fingerprint density at radius 1 is 1.25 bits per heavy atom.